The maximum absolute atomic E-state index is 12.6. The van der Waals surface area contributed by atoms with Gasteiger partial charge in [-0.25, -0.2) is 0 Å². The molecule has 23 heavy (non-hydrogen) atoms. The van der Waals surface area contributed by atoms with E-state index in [4.69, 9.17) is 0 Å². The second-order valence-electron chi connectivity index (χ2n) is 8.60. The summed E-state index contributed by atoms with van der Waals surface area (Å²) in [5.74, 6) is -0.323. The van der Waals surface area contributed by atoms with Gasteiger partial charge >= 0.3 is 0 Å². The fraction of sp³-hybridized carbons (Fsp3) is 0.938. The Morgan fingerprint density at radius 2 is 1.78 bits per heavy atom. The zero-order valence-corrected chi connectivity index (χ0v) is 16.5. The summed E-state index contributed by atoms with van der Waals surface area (Å²) in [4.78, 5) is 12.6. The molecule has 0 aromatic rings. The van der Waals surface area contributed by atoms with Gasteiger partial charge in [0, 0.05) is 32.7 Å². The summed E-state index contributed by atoms with van der Waals surface area (Å²) in [6.07, 6.45) is 2.31. The lowest BCUT2D eigenvalue weighted by molar-refractivity contribution is -0.128. The molecule has 0 spiro atoms. The van der Waals surface area contributed by atoms with Gasteiger partial charge in [-0.2, -0.15) is 17.0 Å². The first kappa shape index (κ1) is 20.4. The molecule has 7 heteroatoms. The Labute approximate surface area is 141 Å². The molecule has 0 aliphatic carbocycles. The van der Waals surface area contributed by atoms with Gasteiger partial charge in [0.15, 0.2) is 0 Å². The SMILES string of the molecule is CN(C)S(=O)(=O)N1CCCC(C(=O)NC(C)(C)CC(C)(C)C)C1. The van der Waals surface area contributed by atoms with Crippen molar-refractivity contribution in [2.45, 2.75) is 59.4 Å². The minimum absolute atomic E-state index is 0.0436. The van der Waals surface area contributed by atoms with Crippen LogP contribution in [0.15, 0.2) is 0 Å². The number of amides is 1. The van der Waals surface area contributed by atoms with Gasteiger partial charge < -0.3 is 5.32 Å². The van der Waals surface area contributed by atoms with Gasteiger partial charge in [-0.3, -0.25) is 4.79 Å². The number of nitrogens with one attached hydrogen (secondary N) is 1. The van der Waals surface area contributed by atoms with Crippen molar-refractivity contribution in [3.05, 3.63) is 0 Å². The van der Waals surface area contributed by atoms with Gasteiger partial charge in [0.25, 0.3) is 10.2 Å². The van der Waals surface area contributed by atoms with E-state index in [9.17, 15) is 13.2 Å². The van der Waals surface area contributed by atoms with Crippen LogP contribution in [0.25, 0.3) is 0 Å². The van der Waals surface area contributed by atoms with Gasteiger partial charge in [-0.1, -0.05) is 20.8 Å². The van der Waals surface area contributed by atoms with Gasteiger partial charge in [-0.15, -0.1) is 0 Å². The fourth-order valence-corrected chi connectivity index (χ4v) is 4.59. The fourth-order valence-electron chi connectivity index (χ4n) is 3.40. The van der Waals surface area contributed by atoms with Crippen LogP contribution in [-0.2, 0) is 15.0 Å². The molecular weight excluding hydrogens is 314 g/mol. The number of hydrogen-bond acceptors (Lipinski definition) is 3. The van der Waals surface area contributed by atoms with Crippen molar-refractivity contribution in [2.75, 3.05) is 27.2 Å². The monoisotopic (exact) mass is 347 g/mol. The maximum Gasteiger partial charge on any atom is 0.281 e. The molecule has 1 saturated heterocycles. The Morgan fingerprint density at radius 3 is 2.26 bits per heavy atom. The quantitative estimate of drug-likeness (QED) is 0.825. The van der Waals surface area contributed by atoms with E-state index < -0.39 is 10.2 Å². The lowest BCUT2D eigenvalue weighted by Crippen LogP contribution is -2.53. The summed E-state index contributed by atoms with van der Waals surface area (Å²) in [7, 11) is -0.414. The first-order chi connectivity index (χ1) is 10.2. The van der Waals surface area contributed by atoms with Crippen LogP contribution in [0.1, 0.15) is 53.9 Å². The third kappa shape index (κ3) is 6.04. The third-order valence-electron chi connectivity index (χ3n) is 3.98. The first-order valence-electron chi connectivity index (χ1n) is 8.24. The van der Waals surface area contributed by atoms with Gasteiger partial charge in [0.2, 0.25) is 5.91 Å². The van der Waals surface area contributed by atoms with E-state index in [0.29, 0.717) is 13.0 Å². The van der Waals surface area contributed by atoms with Gasteiger partial charge in [0.05, 0.1) is 5.92 Å². The molecule has 1 aliphatic heterocycles. The van der Waals surface area contributed by atoms with Crippen LogP contribution in [0.4, 0.5) is 0 Å². The Balaban J connectivity index is 2.74. The van der Waals surface area contributed by atoms with E-state index in [1.165, 1.54) is 22.7 Å². The third-order valence-corrected chi connectivity index (χ3v) is 5.88. The van der Waals surface area contributed by atoms with E-state index >= 15 is 0 Å². The molecule has 0 bridgehead atoms. The van der Waals surface area contributed by atoms with E-state index in [1.807, 2.05) is 13.8 Å². The minimum Gasteiger partial charge on any atom is -0.351 e. The Bertz CT molecular complexity index is 521. The zero-order chi connectivity index (χ0) is 18.1. The van der Waals surface area contributed by atoms with Crippen LogP contribution >= 0.6 is 0 Å². The molecular formula is C16H33N3O3S. The molecule has 1 unspecified atom stereocenters. The molecule has 1 N–H and O–H groups in total. The highest BCUT2D eigenvalue weighted by atomic mass is 32.2. The largest absolute Gasteiger partial charge is 0.351 e. The number of hydrogen-bond donors (Lipinski definition) is 1. The Kier molecular flexibility index (Phi) is 6.27. The summed E-state index contributed by atoms with van der Waals surface area (Å²) < 4.78 is 27.1. The topological polar surface area (TPSA) is 69.7 Å². The van der Waals surface area contributed by atoms with Crippen molar-refractivity contribution in [2.24, 2.45) is 11.3 Å². The van der Waals surface area contributed by atoms with Crippen LogP contribution in [0, 0.1) is 11.3 Å². The first-order valence-corrected chi connectivity index (χ1v) is 9.64. The molecule has 1 fully saturated rings. The van der Waals surface area contributed by atoms with Crippen LogP contribution in [0.5, 0.6) is 0 Å². The number of carbonyl (C=O) groups excluding carboxylic acids is 1. The Hall–Kier alpha value is -0.660. The number of nitrogens with zero attached hydrogens (tertiary/aromatic N) is 2. The summed E-state index contributed by atoms with van der Waals surface area (Å²) in [6, 6.07) is 0. The van der Waals surface area contributed by atoms with E-state index in [-0.39, 0.29) is 29.3 Å². The molecule has 6 nitrogen and oxygen atoms in total. The van der Waals surface area contributed by atoms with Crippen molar-refractivity contribution in [1.29, 1.82) is 0 Å². The van der Waals surface area contributed by atoms with Crippen molar-refractivity contribution in [3.63, 3.8) is 0 Å². The standard InChI is InChI=1S/C16H33N3O3S/c1-15(2,3)12-16(4,5)17-14(20)13-9-8-10-19(11-13)23(21,22)18(6)7/h13H,8-12H2,1-7H3,(H,17,20). The minimum atomic E-state index is -3.45. The van der Waals surface area contributed by atoms with Gasteiger partial charge in [0.1, 0.15) is 0 Å². The Morgan fingerprint density at radius 1 is 1.22 bits per heavy atom. The number of piperidine rings is 1. The second-order valence-corrected chi connectivity index (χ2v) is 10.7. The summed E-state index contributed by atoms with van der Waals surface area (Å²) in [5, 5.41) is 3.11. The second kappa shape index (κ2) is 7.07. The molecule has 1 rings (SSSR count). The van der Waals surface area contributed by atoms with Crippen LogP contribution < -0.4 is 5.32 Å². The normalized spacial score (nSPS) is 21.5. The maximum atomic E-state index is 12.6. The van der Waals surface area contributed by atoms with E-state index in [1.54, 1.807) is 0 Å². The molecule has 1 aliphatic rings. The summed E-state index contributed by atoms with van der Waals surface area (Å²) in [6.45, 7) is 11.2. The average molecular weight is 348 g/mol. The number of carbonyl (C=O) groups is 1. The molecule has 1 atom stereocenters. The smallest absolute Gasteiger partial charge is 0.281 e. The molecule has 1 amide bonds. The molecule has 0 saturated carbocycles. The number of rotatable bonds is 5. The van der Waals surface area contributed by atoms with E-state index in [2.05, 4.69) is 26.1 Å². The van der Waals surface area contributed by atoms with Crippen molar-refractivity contribution in [1.82, 2.24) is 13.9 Å². The highest BCUT2D eigenvalue weighted by molar-refractivity contribution is 7.86. The van der Waals surface area contributed by atoms with Crippen LogP contribution in [0.2, 0.25) is 0 Å². The van der Waals surface area contributed by atoms with Gasteiger partial charge in [-0.05, 0) is 38.5 Å². The van der Waals surface area contributed by atoms with Crippen molar-refractivity contribution in [3.8, 4) is 0 Å². The molecule has 0 aromatic heterocycles. The summed E-state index contributed by atoms with van der Waals surface area (Å²) >= 11 is 0. The lowest BCUT2D eigenvalue weighted by atomic mass is 9.81. The lowest BCUT2D eigenvalue weighted by Gasteiger charge is -2.37. The summed E-state index contributed by atoms with van der Waals surface area (Å²) in [5.41, 5.74) is -0.193. The van der Waals surface area contributed by atoms with E-state index in [0.717, 1.165) is 12.8 Å². The van der Waals surface area contributed by atoms with Crippen molar-refractivity contribution >= 4 is 16.1 Å². The average Bonchev–Trinajstić information content (AvgIpc) is 2.35. The predicted molar refractivity (Wildman–Crippen MR) is 93.2 cm³/mol. The highest BCUT2D eigenvalue weighted by Gasteiger charge is 2.35. The molecule has 136 valence electrons. The van der Waals surface area contributed by atoms with Crippen LogP contribution in [0.3, 0.4) is 0 Å². The van der Waals surface area contributed by atoms with Crippen LogP contribution in [-0.4, -0.2) is 55.7 Å². The molecule has 0 aromatic carbocycles. The predicted octanol–water partition coefficient (Wildman–Crippen LogP) is 1.84. The highest BCUT2D eigenvalue weighted by Crippen LogP contribution is 2.28. The molecule has 1 heterocycles. The zero-order valence-electron chi connectivity index (χ0n) is 15.6. The van der Waals surface area contributed by atoms with Crippen molar-refractivity contribution < 1.29 is 13.2 Å². The molecule has 0 radical (unpaired) electrons.